The Morgan fingerprint density at radius 3 is 2.49 bits per heavy atom. The largest absolute Gasteiger partial charge is 0.493 e. The summed E-state index contributed by atoms with van der Waals surface area (Å²) < 4.78 is 17.7. The van der Waals surface area contributed by atoms with Crippen LogP contribution in [0, 0.1) is 13.8 Å². The van der Waals surface area contributed by atoms with Gasteiger partial charge in [0.05, 0.1) is 30.7 Å². The highest BCUT2D eigenvalue weighted by molar-refractivity contribution is 5.99. The van der Waals surface area contributed by atoms with Gasteiger partial charge in [0.15, 0.2) is 16.9 Å². The van der Waals surface area contributed by atoms with Crippen LogP contribution >= 0.6 is 0 Å². The molecule has 0 N–H and O–H groups in total. The third-order valence-corrected chi connectivity index (χ3v) is 6.64. The van der Waals surface area contributed by atoms with Crippen molar-refractivity contribution in [1.29, 1.82) is 0 Å². The van der Waals surface area contributed by atoms with Gasteiger partial charge < -0.3 is 18.8 Å². The molecule has 0 fully saturated rings. The van der Waals surface area contributed by atoms with Crippen LogP contribution in [0.15, 0.2) is 39.5 Å². The number of hydrogen-bond donors (Lipinski definition) is 0. The van der Waals surface area contributed by atoms with E-state index in [1.807, 2.05) is 51.1 Å². The van der Waals surface area contributed by atoms with Crippen LogP contribution < -0.4 is 14.9 Å². The highest BCUT2D eigenvalue weighted by Gasteiger charge is 2.42. The molecule has 0 saturated carbocycles. The maximum absolute atomic E-state index is 13.8. The molecule has 1 aliphatic rings. The Morgan fingerprint density at radius 1 is 0.971 bits per heavy atom. The lowest BCUT2D eigenvalue weighted by atomic mass is 9.96. The molecule has 0 aliphatic carbocycles. The Balaban J connectivity index is 1.78. The fourth-order valence-corrected chi connectivity index (χ4v) is 5.02. The molecule has 1 unspecified atom stereocenters. The van der Waals surface area contributed by atoms with Crippen LogP contribution in [0.25, 0.3) is 11.0 Å². The van der Waals surface area contributed by atoms with Crippen molar-refractivity contribution in [2.24, 2.45) is 0 Å². The minimum Gasteiger partial charge on any atom is -0.493 e. The molecule has 0 bridgehead atoms. The maximum atomic E-state index is 13.8. The summed E-state index contributed by atoms with van der Waals surface area (Å²) in [7, 11) is 1.61. The molecule has 0 radical (unpaired) electrons. The average molecular weight is 478 g/mol. The Bertz CT molecular complexity index is 1290. The number of rotatable bonds is 10. The second-order valence-electron chi connectivity index (χ2n) is 9.35. The molecular formula is C29H35NO5. The van der Waals surface area contributed by atoms with Crippen LogP contribution in [0.2, 0.25) is 0 Å². The lowest BCUT2D eigenvalue weighted by Crippen LogP contribution is -2.30. The molecule has 35 heavy (non-hydrogen) atoms. The van der Waals surface area contributed by atoms with Crippen LogP contribution in [0.4, 0.5) is 0 Å². The molecule has 186 valence electrons. The second-order valence-corrected chi connectivity index (χ2v) is 9.35. The first-order valence-electron chi connectivity index (χ1n) is 12.6. The number of hydrogen-bond acceptors (Lipinski definition) is 5. The van der Waals surface area contributed by atoms with E-state index in [1.165, 1.54) is 12.8 Å². The lowest BCUT2D eigenvalue weighted by Gasteiger charge is -2.25. The van der Waals surface area contributed by atoms with Crippen LogP contribution in [-0.2, 0) is 0 Å². The van der Waals surface area contributed by atoms with Gasteiger partial charge in [-0.25, -0.2) is 0 Å². The summed E-state index contributed by atoms with van der Waals surface area (Å²) in [5, 5.41) is 0.532. The quantitative estimate of drug-likeness (QED) is 0.319. The molecule has 2 heterocycles. The van der Waals surface area contributed by atoms with E-state index in [9.17, 15) is 9.59 Å². The van der Waals surface area contributed by atoms with E-state index in [0.717, 1.165) is 36.0 Å². The summed E-state index contributed by atoms with van der Waals surface area (Å²) in [6, 6.07) is 8.93. The normalized spacial score (nSPS) is 15.1. The minimum absolute atomic E-state index is 0.140. The molecule has 1 amide bonds. The van der Waals surface area contributed by atoms with Crippen LogP contribution in [0.5, 0.6) is 11.5 Å². The first kappa shape index (κ1) is 24.8. The third kappa shape index (κ3) is 4.66. The van der Waals surface area contributed by atoms with Gasteiger partial charge in [0, 0.05) is 6.54 Å². The van der Waals surface area contributed by atoms with Gasteiger partial charge in [0.1, 0.15) is 5.58 Å². The topological polar surface area (TPSA) is 69.0 Å². The van der Waals surface area contributed by atoms with E-state index in [4.69, 9.17) is 13.9 Å². The highest BCUT2D eigenvalue weighted by Crippen LogP contribution is 2.41. The van der Waals surface area contributed by atoms with E-state index >= 15 is 0 Å². The highest BCUT2D eigenvalue weighted by atomic mass is 16.5. The van der Waals surface area contributed by atoms with E-state index in [2.05, 4.69) is 6.92 Å². The van der Waals surface area contributed by atoms with Crippen molar-refractivity contribution >= 4 is 16.9 Å². The van der Waals surface area contributed by atoms with E-state index in [1.54, 1.807) is 12.0 Å². The monoisotopic (exact) mass is 477 g/mol. The lowest BCUT2D eigenvalue weighted by molar-refractivity contribution is 0.0728. The SMILES string of the molecule is CCCCCCOc1ccc(C2c3c(oc4cc(C)cc(C)c4c3=O)C(=O)N2CCC)cc1OC. The summed E-state index contributed by atoms with van der Waals surface area (Å²) in [5.74, 6) is 1.14. The number of benzene rings is 2. The second kappa shape index (κ2) is 10.5. The van der Waals surface area contributed by atoms with Gasteiger partial charge in [0.25, 0.3) is 5.91 Å². The molecule has 0 spiro atoms. The van der Waals surface area contributed by atoms with Gasteiger partial charge >= 0.3 is 0 Å². The molecule has 6 heteroatoms. The number of fused-ring (bicyclic) bond motifs is 2. The number of aryl methyl sites for hydroxylation is 2. The number of ether oxygens (including phenoxy) is 2. The van der Waals surface area contributed by atoms with Gasteiger partial charge in [-0.15, -0.1) is 0 Å². The van der Waals surface area contributed by atoms with Crippen molar-refractivity contribution < 1.29 is 18.7 Å². The van der Waals surface area contributed by atoms with Crippen molar-refractivity contribution in [3.8, 4) is 11.5 Å². The van der Waals surface area contributed by atoms with Gasteiger partial charge in [-0.2, -0.15) is 0 Å². The fraction of sp³-hybridized carbons (Fsp3) is 0.448. The Labute approximate surface area is 206 Å². The molecule has 0 saturated heterocycles. The van der Waals surface area contributed by atoms with Crippen molar-refractivity contribution in [3.63, 3.8) is 0 Å². The first-order valence-corrected chi connectivity index (χ1v) is 12.6. The van der Waals surface area contributed by atoms with Crippen LogP contribution in [-0.4, -0.2) is 31.1 Å². The molecule has 1 aliphatic heterocycles. The smallest absolute Gasteiger partial charge is 0.290 e. The number of carbonyl (C=O) groups excluding carboxylic acids is 1. The van der Waals surface area contributed by atoms with Crippen LogP contribution in [0.3, 0.4) is 0 Å². The van der Waals surface area contributed by atoms with Crippen molar-refractivity contribution in [2.45, 2.75) is 65.8 Å². The summed E-state index contributed by atoms with van der Waals surface area (Å²) >= 11 is 0. The number of unbranched alkanes of at least 4 members (excludes halogenated alkanes) is 3. The standard InChI is InChI=1S/C29H35NO5/c1-6-8-9-10-14-34-21-12-11-20(17-22(21)33-5)26-25-27(31)24-19(4)15-18(3)16-23(24)35-28(25)29(32)30(26)13-7-2/h11-12,15-17,26H,6-10,13-14H2,1-5H3. The van der Waals surface area contributed by atoms with Gasteiger partial charge in [0.2, 0.25) is 5.76 Å². The van der Waals surface area contributed by atoms with E-state index in [-0.39, 0.29) is 17.1 Å². The minimum atomic E-state index is -0.536. The average Bonchev–Trinajstić information content (AvgIpc) is 3.10. The maximum Gasteiger partial charge on any atom is 0.290 e. The van der Waals surface area contributed by atoms with E-state index < -0.39 is 6.04 Å². The third-order valence-electron chi connectivity index (χ3n) is 6.64. The molecule has 4 rings (SSSR count). The molecular weight excluding hydrogens is 442 g/mol. The molecule has 2 aromatic carbocycles. The predicted molar refractivity (Wildman–Crippen MR) is 138 cm³/mol. The Morgan fingerprint density at radius 2 is 1.77 bits per heavy atom. The molecule has 3 aromatic rings. The zero-order valence-electron chi connectivity index (χ0n) is 21.4. The number of carbonyl (C=O) groups is 1. The zero-order chi connectivity index (χ0) is 25.1. The van der Waals surface area contributed by atoms with Crippen molar-refractivity contribution in [2.75, 3.05) is 20.3 Å². The fourth-order valence-electron chi connectivity index (χ4n) is 5.02. The van der Waals surface area contributed by atoms with Crippen molar-refractivity contribution in [1.82, 2.24) is 4.90 Å². The molecule has 1 atom stereocenters. The summed E-state index contributed by atoms with van der Waals surface area (Å²) in [6.45, 7) is 9.19. The summed E-state index contributed by atoms with van der Waals surface area (Å²) in [4.78, 5) is 28.9. The predicted octanol–water partition coefficient (Wildman–Crippen LogP) is 6.33. The first-order chi connectivity index (χ1) is 16.9. The molecule has 6 nitrogen and oxygen atoms in total. The zero-order valence-corrected chi connectivity index (χ0v) is 21.4. The number of amides is 1. The van der Waals surface area contributed by atoms with Crippen molar-refractivity contribution in [3.05, 3.63) is 68.6 Å². The number of methoxy groups -OCH3 is 1. The number of nitrogens with zero attached hydrogens (tertiary/aromatic N) is 1. The summed E-state index contributed by atoms with van der Waals surface area (Å²) in [6.07, 6.45) is 5.25. The Kier molecular flexibility index (Phi) is 7.48. The Hall–Kier alpha value is -3.28. The van der Waals surface area contributed by atoms with Crippen LogP contribution in [0.1, 0.15) is 84.8 Å². The van der Waals surface area contributed by atoms with Gasteiger partial charge in [-0.3, -0.25) is 9.59 Å². The van der Waals surface area contributed by atoms with Gasteiger partial charge in [-0.1, -0.05) is 45.2 Å². The molecule has 1 aromatic heterocycles. The van der Waals surface area contributed by atoms with Gasteiger partial charge in [-0.05, 0) is 61.6 Å². The summed E-state index contributed by atoms with van der Waals surface area (Å²) in [5.41, 5.74) is 3.35. The van der Waals surface area contributed by atoms with E-state index in [0.29, 0.717) is 41.2 Å².